The van der Waals surface area contributed by atoms with Gasteiger partial charge in [-0.15, -0.1) is 0 Å². The van der Waals surface area contributed by atoms with Crippen molar-refractivity contribution in [3.8, 4) is 0 Å². The molecular weight excluding hydrogens is 126 g/mol. The molecule has 1 atom stereocenters. The van der Waals surface area contributed by atoms with Crippen molar-refractivity contribution in [2.75, 3.05) is 13.2 Å². The van der Waals surface area contributed by atoms with E-state index < -0.39 is 0 Å². The van der Waals surface area contributed by atoms with Gasteiger partial charge in [-0.3, -0.25) is 0 Å². The minimum absolute atomic E-state index is 0.212. The second-order valence-electron chi connectivity index (χ2n) is 2.63. The van der Waals surface area contributed by atoms with Crippen LogP contribution in [0.3, 0.4) is 0 Å². The molecule has 0 radical (unpaired) electrons. The Bertz CT molecular complexity index is 97.4. The molecule has 2 heteroatoms. The molecule has 0 aliphatic heterocycles. The van der Waals surface area contributed by atoms with E-state index in [0.29, 0.717) is 0 Å². The van der Waals surface area contributed by atoms with Gasteiger partial charge in [0.25, 0.3) is 0 Å². The number of aliphatic hydroxyl groups is 1. The summed E-state index contributed by atoms with van der Waals surface area (Å²) in [6.07, 6.45) is 0.962. The maximum atomic E-state index is 8.75. The molecule has 0 bridgehead atoms. The fraction of sp³-hybridized carbons (Fsp3) is 0.750. The minimum Gasteiger partial charge on any atom is -0.395 e. The highest BCUT2D eigenvalue weighted by molar-refractivity contribution is 4.91. The zero-order valence-electron chi connectivity index (χ0n) is 6.85. The summed E-state index contributed by atoms with van der Waals surface area (Å²) in [4.78, 5) is 0. The van der Waals surface area contributed by atoms with Crippen molar-refractivity contribution in [2.24, 2.45) is 0 Å². The third kappa shape index (κ3) is 4.53. The van der Waals surface area contributed by atoms with Crippen molar-refractivity contribution in [1.29, 1.82) is 0 Å². The standard InChI is InChI=1S/C8H17NO/c1-4-8(6-10)9-5-7(2)3/h8-10H,2,4-6H2,1,3H3. The van der Waals surface area contributed by atoms with Gasteiger partial charge in [-0.2, -0.15) is 0 Å². The molecule has 0 aromatic heterocycles. The van der Waals surface area contributed by atoms with E-state index in [2.05, 4.69) is 11.9 Å². The van der Waals surface area contributed by atoms with Gasteiger partial charge in [0.05, 0.1) is 6.61 Å². The van der Waals surface area contributed by atoms with Crippen LogP contribution in [-0.4, -0.2) is 24.3 Å². The third-order valence-electron chi connectivity index (χ3n) is 1.41. The van der Waals surface area contributed by atoms with Gasteiger partial charge >= 0.3 is 0 Å². The van der Waals surface area contributed by atoms with E-state index in [4.69, 9.17) is 5.11 Å². The van der Waals surface area contributed by atoms with Gasteiger partial charge in [0.15, 0.2) is 0 Å². The van der Waals surface area contributed by atoms with E-state index in [0.717, 1.165) is 18.5 Å². The lowest BCUT2D eigenvalue weighted by Gasteiger charge is -2.12. The highest BCUT2D eigenvalue weighted by Crippen LogP contribution is 1.90. The van der Waals surface area contributed by atoms with Gasteiger partial charge in [0.1, 0.15) is 0 Å². The lowest BCUT2D eigenvalue weighted by molar-refractivity contribution is 0.242. The predicted octanol–water partition coefficient (Wildman–Crippen LogP) is 0.923. The molecular formula is C8H17NO. The summed E-state index contributed by atoms with van der Waals surface area (Å²) in [7, 11) is 0. The molecule has 0 saturated heterocycles. The summed E-state index contributed by atoms with van der Waals surface area (Å²) >= 11 is 0. The van der Waals surface area contributed by atoms with Crippen LogP contribution in [0.5, 0.6) is 0 Å². The van der Waals surface area contributed by atoms with Crippen LogP contribution in [0.2, 0.25) is 0 Å². The SMILES string of the molecule is C=C(C)CNC(CC)CO. The molecule has 0 rings (SSSR count). The van der Waals surface area contributed by atoms with Crippen molar-refractivity contribution < 1.29 is 5.11 Å². The highest BCUT2D eigenvalue weighted by Gasteiger charge is 2.00. The Morgan fingerprint density at radius 3 is 2.60 bits per heavy atom. The van der Waals surface area contributed by atoms with Crippen molar-refractivity contribution in [3.05, 3.63) is 12.2 Å². The van der Waals surface area contributed by atoms with E-state index in [1.54, 1.807) is 0 Å². The summed E-state index contributed by atoms with van der Waals surface area (Å²) in [5.74, 6) is 0. The van der Waals surface area contributed by atoms with Crippen LogP contribution >= 0.6 is 0 Å². The predicted molar refractivity (Wildman–Crippen MR) is 44.0 cm³/mol. The minimum atomic E-state index is 0.212. The van der Waals surface area contributed by atoms with Crippen molar-refractivity contribution in [3.63, 3.8) is 0 Å². The van der Waals surface area contributed by atoms with Gasteiger partial charge in [0.2, 0.25) is 0 Å². The average Bonchev–Trinajstić information content (AvgIpc) is 1.90. The van der Waals surface area contributed by atoms with Crippen LogP contribution in [0.4, 0.5) is 0 Å². The van der Waals surface area contributed by atoms with Crippen LogP contribution in [0.25, 0.3) is 0 Å². The largest absolute Gasteiger partial charge is 0.395 e. The first-order chi connectivity index (χ1) is 4.70. The molecule has 0 amide bonds. The molecule has 0 aromatic carbocycles. The first kappa shape index (κ1) is 9.66. The molecule has 0 aliphatic rings. The van der Waals surface area contributed by atoms with Gasteiger partial charge < -0.3 is 10.4 Å². The summed E-state index contributed by atoms with van der Waals surface area (Å²) < 4.78 is 0. The summed E-state index contributed by atoms with van der Waals surface area (Å²) in [6.45, 7) is 8.79. The zero-order chi connectivity index (χ0) is 7.98. The van der Waals surface area contributed by atoms with E-state index in [1.165, 1.54) is 0 Å². The second kappa shape index (κ2) is 5.45. The smallest absolute Gasteiger partial charge is 0.0584 e. The summed E-state index contributed by atoms with van der Waals surface area (Å²) in [5, 5.41) is 11.9. The van der Waals surface area contributed by atoms with Gasteiger partial charge in [-0.05, 0) is 13.3 Å². The molecule has 2 nitrogen and oxygen atoms in total. The van der Waals surface area contributed by atoms with Gasteiger partial charge in [-0.1, -0.05) is 19.1 Å². The van der Waals surface area contributed by atoms with Gasteiger partial charge in [0, 0.05) is 12.6 Å². The normalized spacial score (nSPS) is 13.1. The Morgan fingerprint density at radius 1 is 1.70 bits per heavy atom. The fourth-order valence-electron chi connectivity index (χ4n) is 0.657. The lowest BCUT2D eigenvalue weighted by atomic mass is 10.2. The first-order valence-corrected chi connectivity index (χ1v) is 3.69. The van der Waals surface area contributed by atoms with Crippen LogP contribution in [0.1, 0.15) is 20.3 Å². The monoisotopic (exact) mass is 143 g/mol. The van der Waals surface area contributed by atoms with E-state index in [1.807, 2.05) is 13.8 Å². The van der Waals surface area contributed by atoms with Crippen molar-refractivity contribution in [2.45, 2.75) is 26.3 Å². The Morgan fingerprint density at radius 2 is 2.30 bits per heavy atom. The number of rotatable bonds is 5. The van der Waals surface area contributed by atoms with Crippen molar-refractivity contribution >= 4 is 0 Å². The van der Waals surface area contributed by atoms with Gasteiger partial charge in [-0.25, -0.2) is 0 Å². The third-order valence-corrected chi connectivity index (χ3v) is 1.41. The Balaban J connectivity index is 3.34. The Kier molecular flexibility index (Phi) is 5.26. The number of nitrogens with one attached hydrogen (secondary N) is 1. The molecule has 0 aromatic rings. The summed E-state index contributed by atoms with van der Waals surface area (Å²) in [5.41, 5.74) is 1.10. The Hall–Kier alpha value is -0.340. The van der Waals surface area contributed by atoms with E-state index >= 15 is 0 Å². The fourth-order valence-corrected chi connectivity index (χ4v) is 0.657. The molecule has 60 valence electrons. The maximum Gasteiger partial charge on any atom is 0.0584 e. The number of hydrogen-bond donors (Lipinski definition) is 2. The highest BCUT2D eigenvalue weighted by atomic mass is 16.3. The topological polar surface area (TPSA) is 32.3 Å². The quantitative estimate of drug-likeness (QED) is 0.561. The molecule has 0 saturated carbocycles. The van der Waals surface area contributed by atoms with Crippen LogP contribution in [0, 0.1) is 0 Å². The number of hydrogen-bond acceptors (Lipinski definition) is 2. The summed E-state index contributed by atoms with van der Waals surface area (Å²) in [6, 6.07) is 0.233. The van der Waals surface area contributed by atoms with Crippen molar-refractivity contribution in [1.82, 2.24) is 5.32 Å². The number of aliphatic hydroxyl groups excluding tert-OH is 1. The maximum absolute atomic E-state index is 8.75. The molecule has 0 aliphatic carbocycles. The van der Waals surface area contributed by atoms with E-state index in [-0.39, 0.29) is 12.6 Å². The molecule has 2 N–H and O–H groups in total. The molecule has 1 unspecified atom stereocenters. The zero-order valence-corrected chi connectivity index (χ0v) is 6.85. The average molecular weight is 143 g/mol. The van der Waals surface area contributed by atoms with Crippen LogP contribution in [-0.2, 0) is 0 Å². The van der Waals surface area contributed by atoms with E-state index in [9.17, 15) is 0 Å². The second-order valence-corrected chi connectivity index (χ2v) is 2.63. The Labute approximate surface area is 62.9 Å². The van der Waals surface area contributed by atoms with Crippen LogP contribution < -0.4 is 5.32 Å². The first-order valence-electron chi connectivity index (χ1n) is 3.69. The molecule has 0 heterocycles. The lowest BCUT2D eigenvalue weighted by Crippen LogP contribution is -2.32. The molecule has 0 fully saturated rings. The van der Waals surface area contributed by atoms with Crippen LogP contribution in [0.15, 0.2) is 12.2 Å². The molecule has 10 heavy (non-hydrogen) atoms. The molecule has 0 spiro atoms.